The Kier molecular flexibility index (Phi) is 5.88. The number of carbonyl (C=O) groups excluding carboxylic acids is 1. The minimum Gasteiger partial charge on any atom is -0.372 e. The molecule has 1 aromatic heterocycles. The lowest BCUT2D eigenvalue weighted by atomic mass is 10.1. The molecule has 0 saturated carbocycles. The quantitative estimate of drug-likeness (QED) is 0.612. The summed E-state index contributed by atoms with van der Waals surface area (Å²) >= 11 is 0. The molecule has 0 spiro atoms. The fourth-order valence-corrected chi connectivity index (χ4v) is 4.18. The van der Waals surface area contributed by atoms with Crippen LogP contribution in [-0.4, -0.2) is 37.1 Å². The molecular formula is C25H30N4O. The molecule has 3 aromatic rings. The molecule has 156 valence electrons. The zero-order chi connectivity index (χ0) is 21.1. The van der Waals surface area contributed by atoms with Gasteiger partial charge in [-0.25, -0.2) is 4.98 Å². The number of aryl methyl sites for hydroxylation is 1. The molecule has 5 heteroatoms. The molecule has 5 nitrogen and oxygen atoms in total. The Hall–Kier alpha value is -3.08. The van der Waals surface area contributed by atoms with Gasteiger partial charge >= 0.3 is 0 Å². The summed E-state index contributed by atoms with van der Waals surface area (Å²) in [7, 11) is 0. The lowest BCUT2D eigenvalue weighted by Crippen LogP contribution is -2.21. The van der Waals surface area contributed by atoms with Crippen molar-refractivity contribution in [2.24, 2.45) is 0 Å². The first-order valence-electron chi connectivity index (χ1n) is 10.9. The van der Waals surface area contributed by atoms with E-state index in [-0.39, 0.29) is 5.91 Å². The van der Waals surface area contributed by atoms with Crippen molar-refractivity contribution in [1.29, 1.82) is 0 Å². The van der Waals surface area contributed by atoms with Crippen LogP contribution in [0.1, 0.15) is 42.6 Å². The van der Waals surface area contributed by atoms with E-state index >= 15 is 0 Å². The van der Waals surface area contributed by atoms with Crippen molar-refractivity contribution in [3.8, 4) is 0 Å². The number of benzene rings is 2. The van der Waals surface area contributed by atoms with E-state index in [0.717, 1.165) is 54.3 Å². The van der Waals surface area contributed by atoms with Gasteiger partial charge in [-0.3, -0.25) is 4.79 Å². The van der Waals surface area contributed by atoms with Gasteiger partial charge in [0, 0.05) is 48.5 Å². The van der Waals surface area contributed by atoms with Gasteiger partial charge in [0.15, 0.2) is 0 Å². The smallest absolute Gasteiger partial charge is 0.255 e. The van der Waals surface area contributed by atoms with Gasteiger partial charge < -0.3 is 15.1 Å². The number of anilines is 3. The van der Waals surface area contributed by atoms with Gasteiger partial charge in [0.1, 0.15) is 5.82 Å². The van der Waals surface area contributed by atoms with Gasteiger partial charge in [-0.1, -0.05) is 0 Å². The van der Waals surface area contributed by atoms with E-state index in [4.69, 9.17) is 4.98 Å². The maximum absolute atomic E-state index is 12.7. The Bertz CT molecular complexity index is 1030. The largest absolute Gasteiger partial charge is 0.372 e. The normalized spacial score (nSPS) is 13.6. The topological polar surface area (TPSA) is 48.5 Å². The number of hydrogen-bond acceptors (Lipinski definition) is 4. The second-order valence-corrected chi connectivity index (χ2v) is 7.90. The van der Waals surface area contributed by atoms with Crippen molar-refractivity contribution in [3.63, 3.8) is 0 Å². The highest BCUT2D eigenvalue weighted by Gasteiger charge is 2.15. The van der Waals surface area contributed by atoms with Gasteiger partial charge in [-0.05, 0) is 87.7 Å². The van der Waals surface area contributed by atoms with E-state index in [0.29, 0.717) is 5.56 Å². The molecule has 4 rings (SSSR count). The van der Waals surface area contributed by atoms with E-state index < -0.39 is 0 Å². The average molecular weight is 403 g/mol. The number of rotatable bonds is 6. The van der Waals surface area contributed by atoms with Crippen LogP contribution in [0.15, 0.2) is 48.5 Å². The predicted octanol–water partition coefficient (Wildman–Crippen LogP) is 5.24. The summed E-state index contributed by atoms with van der Waals surface area (Å²) in [5.41, 5.74) is 4.74. The zero-order valence-corrected chi connectivity index (χ0v) is 18.1. The Morgan fingerprint density at radius 1 is 1.03 bits per heavy atom. The highest BCUT2D eigenvalue weighted by atomic mass is 16.1. The lowest BCUT2D eigenvalue weighted by molar-refractivity contribution is 0.102. The van der Waals surface area contributed by atoms with Gasteiger partial charge in [-0.2, -0.15) is 0 Å². The summed E-state index contributed by atoms with van der Waals surface area (Å²) in [6.07, 6.45) is 2.47. The molecule has 2 heterocycles. The van der Waals surface area contributed by atoms with Crippen LogP contribution in [0, 0.1) is 6.92 Å². The number of aromatic nitrogens is 1. The number of fused-ring (bicyclic) bond motifs is 1. The van der Waals surface area contributed by atoms with Crippen LogP contribution in [0.4, 0.5) is 17.2 Å². The zero-order valence-electron chi connectivity index (χ0n) is 18.1. The Labute approximate surface area is 178 Å². The summed E-state index contributed by atoms with van der Waals surface area (Å²) in [5.74, 6) is 0.960. The molecule has 0 unspecified atom stereocenters. The summed E-state index contributed by atoms with van der Waals surface area (Å²) in [6.45, 7) is 10.4. The summed E-state index contributed by atoms with van der Waals surface area (Å²) in [4.78, 5) is 22.2. The third-order valence-electron chi connectivity index (χ3n) is 5.95. The van der Waals surface area contributed by atoms with Crippen LogP contribution in [0.25, 0.3) is 10.9 Å². The highest BCUT2D eigenvalue weighted by molar-refractivity contribution is 6.05. The number of nitrogens with zero attached hydrogens (tertiary/aromatic N) is 3. The number of nitrogens with one attached hydrogen (secondary N) is 1. The molecule has 1 N–H and O–H groups in total. The van der Waals surface area contributed by atoms with Crippen molar-refractivity contribution < 1.29 is 4.79 Å². The first-order chi connectivity index (χ1) is 14.6. The molecule has 2 aromatic carbocycles. The molecule has 0 radical (unpaired) electrons. The second kappa shape index (κ2) is 8.74. The molecule has 1 saturated heterocycles. The maximum atomic E-state index is 12.7. The van der Waals surface area contributed by atoms with Crippen molar-refractivity contribution >= 4 is 34.0 Å². The monoisotopic (exact) mass is 402 g/mol. The Balaban J connectivity index is 1.52. The Morgan fingerprint density at radius 3 is 2.40 bits per heavy atom. The van der Waals surface area contributed by atoms with Crippen LogP contribution in [0.2, 0.25) is 0 Å². The Morgan fingerprint density at radius 2 is 1.73 bits per heavy atom. The highest BCUT2D eigenvalue weighted by Crippen LogP contribution is 2.27. The molecule has 0 aliphatic carbocycles. The van der Waals surface area contributed by atoms with Crippen molar-refractivity contribution in [2.75, 3.05) is 41.3 Å². The molecule has 1 aliphatic rings. The number of amides is 1. The van der Waals surface area contributed by atoms with Gasteiger partial charge in [-0.15, -0.1) is 0 Å². The van der Waals surface area contributed by atoms with Gasteiger partial charge in [0.25, 0.3) is 5.91 Å². The van der Waals surface area contributed by atoms with Crippen LogP contribution in [0.5, 0.6) is 0 Å². The van der Waals surface area contributed by atoms with E-state index in [1.54, 1.807) is 0 Å². The van der Waals surface area contributed by atoms with Crippen LogP contribution >= 0.6 is 0 Å². The van der Waals surface area contributed by atoms with Crippen LogP contribution in [0.3, 0.4) is 0 Å². The predicted molar refractivity (Wildman–Crippen MR) is 126 cm³/mol. The number of hydrogen-bond donors (Lipinski definition) is 1. The molecule has 1 aliphatic heterocycles. The number of carbonyl (C=O) groups is 1. The van der Waals surface area contributed by atoms with Crippen molar-refractivity contribution in [1.82, 2.24) is 4.98 Å². The second-order valence-electron chi connectivity index (χ2n) is 7.90. The first-order valence-corrected chi connectivity index (χ1v) is 10.9. The third kappa shape index (κ3) is 4.11. The fourth-order valence-electron chi connectivity index (χ4n) is 4.18. The van der Waals surface area contributed by atoms with Crippen molar-refractivity contribution in [3.05, 3.63) is 59.7 Å². The lowest BCUT2D eigenvalue weighted by Gasteiger charge is -2.21. The molecule has 1 amide bonds. The molecule has 0 atom stereocenters. The van der Waals surface area contributed by atoms with E-state index in [9.17, 15) is 4.79 Å². The SMILES string of the molecule is CCN(CC)c1ccc(C(=O)Nc2ccc3nc(N4CCCC4)cc(C)c3c2)cc1. The van der Waals surface area contributed by atoms with E-state index in [2.05, 4.69) is 42.0 Å². The molecular weight excluding hydrogens is 372 g/mol. The average Bonchev–Trinajstić information content (AvgIpc) is 3.30. The standard InChI is InChI=1S/C25H30N4O/c1-4-28(5-2)21-11-8-19(9-12-21)25(30)26-20-10-13-23-22(17-20)18(3)16-24(27-23)29-14-6-7-15-29/h8-13,16-17H,4-7,14-15H2,1-3H3,(H,26,30). The van der Waals surface area contributed by atoms with Gasteiger partial charge in [0.2, 0.25) is 0 Å². The van der Waals surface area contributed by atoms with Gasteiger partial charge in [0.05, 0.1) is 5.52 Å². The molecule has 1 fully saturated rings. The van der Waals surface area contributed by atoms with Crippen LogP contribution in [-0.2, 0) is 0 Å². The number of pyridine rings is 1. The minimum absolute atomic E-state index is 0.0975. The third-order valence-corrected chi connectivity index (χ3v) is 5.95. The molecule has 0 bridgehead atoms. The van der Waals surface area contributed by atoms with Crippen LogP contribution < -0.4 is 15.1 Å². The minimum atomic E-state index is -0.0975. The maximum Gasteiger partial charge on any atom is 0.255 e. The van der Waals surface area contributed by atoms with E-state index in [1.165, 1.54) is 18.4 Å². The molecule has 30 heavy (non-hydrogen) atoms. The summed E-state index contributed by atoms with van der Waals surface area (Å²) < 4.78 is 0. The first kappa shape index (κ1) is 20.2. The summed E-state index contributed by atoms with van der Waals surface area (Å²) in [6, 6.07) is 15.9. The fraction of sp³-hybridized carbons (Fsp3) is 0.360. The van der Waals surface area contributed by atoms with Crippen molar-refractivity contribution in [2.45, 2.75) is 33.6 Å². The van der Waals surface area contributed by atoms with E-state index in [1.807, 2.05) is 42.5 Å². The summed E-state index contributed by atoms with van der Waals surface area (Å²) in [5, 5.41) is 4.11.